The Morgan fingerprint density at radius 2 is 1.77 bits per heavy atom. The molecule has 0 radical (unpaired) electrons. The Balaban J connectivity index is 1.73. The van der Waals surface area contributed by atoms with Gasteiger partial charge in [-0.3, -0.25) is 4.98 Å². The van der Waals surface area contributed by atoms with Gasteiger partial charge in [0.05, 0.1) is 36.5 Å². The molecule has 1 fully saturated rings. The summed E-state index contributed by atoms with van der Waals surface area (Å²) < 4.78 is 18.5. The van der Waals surface area contributed by atoms with Crippen LogP contribution in [0.4, 0.5) is 15.5 Å². The first-order valence-corrected chi connectivity index (χ1v) is 15.3. The number of imide groups is 1. The van der Waals surface area contributed by atoms with Crippen LogP contribution in [0.5, 0.6) is 5.75 Å². The number of aromatic nitrogens is 5. The molecule has 234 valence electrons. The lowest BCUT2D eigenvalue weighted by Crippen LogP contribution is -2.44. The van der Waals surface area contributed by atoms with E-state index in [-0.39, 0.29) is 18.5 Å². The molecule has 1 saturated carbocycles. The Labute approximate surface area is 259 Å². The minimum absolute atomic E-state index is 0.213. The molecule has 3 aromatic heterocycles. The standard InChI is InChI=1S/C29H37N9O5S/c1-15-12-31-17(16(2)20(15)41-9)13-37-22-19-21(35-37)29(10-11-29)18(34-36-30)14-44-23(19)33-24(32-22)38(25(39)42-27(3,4)5)26(40)43-28(6,7)8/h12,18H,10-11,13-14H2,1-9H3. The van der Waals surface area contributed by atoms with Gasteiger partial charge in [-0.1, -0.05) is 5.11 Å². The van der Waals surface area contributed by atoms with Gasteiger partial charge in [-0.25, -0.2) is 19.3 Å². The van der Waals surface area contributed by atoms with Gasteiger partial charge in [0.15, 0.2) is 5.65 Å². The normalized spacial score (nSPS) is 17.1. The number of fused-ring (bicyclic) bond motifs is 1. The molecule has 0 saturated heterocycles. The number of nitrogens with zero attached hydrogens (tertiary/aromatic N) is 9. The van der Waals surface area contributed by atoms with Crippen molar-refractivity contribution < 1.29 is 23.8 Å². The van der Waals surface area contributed by atoms with E-state index in [0.29, 0.717) is 32.4 Å². The molecule has 0 bridgehead atoms. The molecule has 3 aromatic rings. The number of carbonyl (C=O) groups excluding carboxylic acids is 2. The number of carbonyl (C=O) groups is 2. The van der Waals surface area contributed by atoms with Gasteiger partial charge < -0.3 is 14.2 Å². The van der Waals surface area contributed by atoms with Gasteiger partial charge in [0.1, 0.15) is 22.0 Å². The zero-order valence-electron chi connectivity index (χ0n) is 26.5. The number of hydrogen-bond acceptors (Lipinski definition) is 11. The highest BCUT2D eigenvalue weighted by Crippen LogP contribution is 2.57. The Morgan fingerprint density at radius 3 is 2.32 bits per heavy atom. The van der Waals surface area contributed by atoms with Gasteiger partial charge in [0.2, 0.25) is 5.95 Å². The number of amides is 2. The third-order valence-electron chi connectivity index (χ3n) is 7.42. The van der Waals surface area contributed by atoms with Gasteiger partial charge >= 0.3 is 12.2 Å². The summed E-state index contributed by atoms with van der Waals surface area (Å²) in [6.45, 7) is 14.3. The SMILES string of the molecule is COc1c(C)cnc(Cn2nc3c4c(nc(N(C(=O)OC(C)(C)C)C(=O)OC(C)(C)C)nc42)SCC(N=[N+]=[N-])C32CC2)c1C. The van der Waals surface area contributed by atoms with Crippen LogP contribution >= 0.6 is 11.8 Å². The minimum atomic E-state index is -0.977. The smallest absolute Gasteiger partial charge is 0.427 e. The van der Waals surface area contributed by atoms with Gasteiger partial charge in [-0.2, -0.15) is 10.1 Å². The lowest BCUT2D eigenvalue weighted by atomic mass is 9.93. The molecule has 5 rings (SSSR count). The molecule has 0 aromatic carbocycles. The van der Waals surface area contributed by atoms with E-state index in [1.807, 2.05) is 13.8 Å². The molecular weight excluding hydrogens is 586 g/mol. The van der Waals surface area contributed by atoms with Crippen LogP contribution in [0.15, 0.2) is 16.3 Å². The van der Waals surface area contributed by atoms with Crippen molar-refractivity contribution in [1.29, 1.82) is 0 Å². The van der Waals surface area contributed by atoms with Crippen LogP contribution in [-0.4, -0.2) is 67.0 Å². The molecule has 0 N–H and O–H groups in total. The van der Waals surface area contributed by atoms with Gasteiger partial charge in [-0.05, 0) is 73.8 Å². The number of azide groups is 1. The zero-order valence-corrected chi connectivity index (χ0v) is 27.3. The highest BCUT2D eigenvalue weighted by molar-refractivity contribution is 7.99. The van der Waals surface area contributed by atoms with Gasteiger partial charge in [0.25, 0.3) is 0 Å². The van der Waals surface area contributed by atoms with Crippen molar-refractivity contribution in [2.75, 3.05) is 17.8 Å². The van der Waals surface area contributed by atoms with E-state index in [2.05, 4.69) is 15.0 Å². The summed E-state index contributed by atoms with van der Waals surface area (Å²) >= 11 is 1.37. The maximum Gasteiger partial charge on any atom is 0.427 e. The molecule has 1 atom stereocenters. The van der Waals surface area contributed by atoms with Gasteiger partial charge in [0, 0.05) is 33.4 Å². The lowest BCUT2D eigenvalue weighted by Gasteiger charge is -2.27. The van der Waals surface area contributed by atoms with Crippen LogP contribution in [0.1, 0.15) is 76.9 Å². The summed E-state index contributed by atoms with van der Waals surface area (Å²) in [5.74, 6) is 0.956. The molecule has 1 unspecified atom stereocenters. The summed E-state index contributed by atoms with van der Waals surface area (Å²) in [6, 6.07) is -0.367. The predicted molar refractivity (Wildman–Crippen MR) is 164 cm³/mol. The molecule has 44 heavy (non-hydrogen) atoms. The largest absolute Gasteiger partial charge is 0.496 e. The summed E-state index contributed by atoms with van der Waals surface area (Å²) in [5, 5.41) is 10.4. The molecule has 2 aliphatic rings. The monoisotopic (exact) mass is 623 g/mol. The number of hydrogen-bond donors (Lipinski definition) is 0. The topological polar surface area (TPSA) is 170 Å². The van der Waals surface area contributed by atoms with Crippen molar-refractivity contribution in [1.82, 2.24) is 24.7 Å². The molecule has 1 spiro atoms. The van der Waals surface area contributed by atoms with E-state index < -0.39 is 28.8 Å². The minimum Gasteiger partial charge on any atom is -0.496 e. The molecular formula is C29H37N9O5S. The number of thioether (sulfide) groups is 1. The Morgan fingerprint density at radius 1 is 1.14 bits per heavy atom. The van der Waals surface area contributed by atoms with Gasteiger partial charge in [-0.15, -0.1) is 16.7 Å². The number of pyridine rings is 1. The van der Waals surface area contributed by atoms with Crippen molar-refractivity contribution in [2.24, 2.45) is 5.11 Å². The first-order chi connectivity index (χ1) is 20.6. The fourth-order valence-electron chi connectivity index (χ4n) is 5.30. The van der Waals surface area contributed by atoms with E-state index in [4.69, 9.17) is 29.3 Å². The van der Waals surface area contributed by atoms with Crippen LogP contribution in [-0.2, 0) is 21.4 Å². The fraction of sp³-hybridized carbons (Fsp3) is 0.586. The number of methoxy groups -OCH3 is 1. The Hall–Kier alpha value is -4.10. The molecule has 1 aliphatic carbocycles. The first-order valence-electron chi connectivity index (χ1n) is 14.3. The fourth-order valence-corrected chi connectivity index (χ4v) is 6.48. The summed E-state index contributed by atoms with van der Waals surface area (Å²) in [6.07, 6.45) is 1.37. The Kier molecular flexibility index (Phi) is 7.91. The van der Waals surface area contributed by atoms with Crippen LogP contribution < -0.4 is 9.64 Å². The van der Waals surface area contributed by atoms with Crippen molar-refractivity contribution in [3.63, 3.8) is 0 Å². The third kappa shape index (κ3) is 5.85. The lowest BCUT2D eigenvalue weighted by molar-refractivity contribution is 0.0427. The zero-order chi connectivity index (χ0) is 32.2. The maximum atomic E-state index is 13.5. The first kappa shape index (κ1) is 31.3. The highest BCUT2D eigenvalue weighted by Gasteiger charge is 2.55. The summed E-state index contributed by atoms with van der Waals surface area (Å²) in [4.78, 5) is 45.0. The Bertz CT molecular complexity index is 1670. The summed E-state index contributed by atoms with van der Waals surface area (Å²) in [5.41, 5.74) is 10.7. The van der Waals surface area contributed by atoms with Crippen molar-refractivity contribution in [3.05, 3.63) is 39.2 Å². The van der Waals surface area contributed by atoms with E-state index in [1.165, 1.54) is 11.8 Å². The van der Waals surface area contributed by atoms with E-state index >= 15 is 0 Å². The average Bonchev–Trinajstić information content (AvgIpc) is 3.64. The molecule has 15 heteroatoms. The van der Waals surface area contributed by atoms with Crippen molar-refractivity contribution in [3.8, 4) is 5.75 Å². The van der Waals surface area contributed by atoms with Crippen molar-refractivity contribution >= 4 is 40.9 Å². The number of rotatable bonds is 5. The van der Waals surface area contributed by atoms with E-state index in [0.717, 1.165) is 35.4 Å². The molecule has 14 nitrogen and oxygen atoms in total. The van der Waals surface area contributed by atoms with Crippen LogP contribution in [0.25, 0.3) is 21.5 Å². The second-order valence-electron chi connectivity index (χ2n) is 13.1. The van der Waals surface area contributed by atoms with E-state index in [1.54, 1.807) is 59.5 Å². The maximum absolute atomic E-state index is 13.5. The van der Waals surface area contributed by atoms with Crippen LogP contribution in [0, 0.1) is 13.8 Å². The number of aryl methyl sites for hydroxylation is 1. The van der Waals surface area contributed by atoms with Crippen LogP contribution in [0.3, 0.4) is 0 Å². The van der Waals surface area contributed by atoms with Crippen LogP contribution in [0.2, 0.25) is 0 Å². The second kappa shape index (κ2) is 11.1. The average molecular weight is 624 g/mol. The quantitative estimate of drug-likeness (QED) is 0.134. The highest BCUT2D eigenvalue weighted by atomic mass is 32.2. The molecule has 2 amide bonds. The molecule has 1 aliphatic heterocycles. The molecule has 4 heterocycles. The van der Waals surface area contributed by atoms with Crippen molar-refractivity contribution in [2.45, 2.75) is 102 Å². The number of anilines is 1. The van der Waals surface area contributed by atoms with E-state index in [9.17, 15) is 15.1 Å². The third-order valence-corrected chi connectivity index (χ3v) is 8.47. The predicted octanol–water partition coefficient (Wildman–Crippen LogP) is 6.39. The second-order valence-corrected chi connectivity index (χ2v) is 14.1. The number of ether oxygens (including phenoxy) is 3. The summed E-state index contributed by atoms with van der Waals surface area (Å²) in [7, 11) is 1.62.